The van der Waals surface area contributed by atoms with E-state index in [1.165, 1.54) is 0 Å². The molecule has 0 N–H and O–H groups in total. The molecule has 0 unspecified atom stereocenters. The topological polar surface area (TPSA) is 47.4 Å². The van der Waals surface area contributed by atoms with E-state index < -0.39 is 0 Å². The smallest absolute Gasteiger partial charge is 0.243 e. The van der Waals surface area contributed by atoms with Gasteiger partial charge in [-0.2, -0.15) is 0 Å². The van der Waals surface area contributed by atoms with Crippen molar-refractivity contribution in [2.24, 2.45) is 0 Å². The number of rotatable bonds is 6. The standard InChI is InChI=1S/C22H27N3O2/c1-15(2)25(16(3)4)21(26)14-24-20-12-7-6-11-19(20)23-22(24)17-9-8-10-18(13-17)27-5/h6-13,15-16H,14H2,1-5H3. The average molecular weight is 365 g/mol. The van der Waals surface area contributed by atoms with Crippen LogP contribution >= 0.6 is 0 Å². The Morgan fingerprint density at radius 1 is 1.07 bits per heavy atom. The van der Waals surface area contributed by atoms with Crippen molar-refractivity contribution in [1.29, 1.82) is 0 Å². The molecular formula is C22H27N3O2. The van der Waals surface area contributed by atoms with Crippen molar-refractivity contribution in [2.45, 2.75) is 46.3 Å². The Morgan fingerprint density at radius 2 is 1.78 bits per heavy atom. The van der Waals surface area contributed by atoms with E-state index in [0.717, 1.165) is 28.2 Å². The Morgan fingerprint density at radius 3 is 2.44 bits per heavy atom. The number of benzene rings is 2. The van der Waals surface area contributed by atoms with Gasteiger partial charge in [0, 0.05) is 17.6 Å². The number of carbonyl (C=O) groups excluding carboxylic acids is 1. The minimum absolute atomic E-state index is 0.0901. The summed E-state index contributed by atoms with van der Waals surface area (Å²) in [5, 5.41) is 0. The number of amides is 1. The summed E-state index contributed by atoms with van der Waals surface area (Å²) in [5.74, 6) is 1.63. The lowest BCUT2D eigenvalue weighted by Gasteiger charge is -2.31. The number of nitrogens with zero attached hydrogens (tertiary/aromatic N) is 3. The molecule has 1 amide bonds. The van der Waals surface area contributed by atoms with Gasteiger partial charge >= 0.3 is 0 Å². The zero-order valence-electron chi connectivity index (χ0n) is 16.6. The molecule has 5 heteroatoms. The van der Waals surface area contributed by atoms with E-state index >= 15 is 0 Å². The Kier molecular flexibility index (Phi) is 5.49. The van der Waals surface area contributed by atoms with Gasteiger partial charge in [0.15, 0.2) is 0 Å². The van der Waals surface area contributed by atoms with Gasteiger partial charge in [-0.1, -0.05) is 24.3 Å². The van der Waals surface area contributed by atoms with E-state index in [1.54, 1.807) is 7.11 Å². The van der Waals surface area contributed by atoms with Crippen molar-refractivity contribution in [2.75, 3.05) is 7.11 Å². The Labute approximate surface area is 160 Å². The molecule has 0 bridgehead atoms. The van der Waals surface area contributed by atoms with Crippen LogP contribution in [0, 0.1) is 0 Å². The number of hydrogen-bond donors (Lipinski definition) is 0. The first-order chi connectivity index (χ1) is 12.9. The fourth-order valence-corrected chi connectivity index (χ4v) is 3.61. The van der Waals surface area contributed by atoms with Crippen LogP contribution in [0.2, 0.25) is 0 Å². The zero-order valence-corrected chi connectivity index (χ0v) is 16.6. The molecule has 3 rings (SSSR count). The molecule has 0 aliphatic rings. The van der Waals surface area contributed by atoms with Gasteiger partial charge in [-0.25, -0.2) is 4.98 Å². The molecule has 1 aromatic heterocycles. The van der Waals surface area contributed by atoms with Crippen LogP contribution in [0.25, 0.3) is 22.4 Å². The van der Waals surface area contributed by atoms with Gasteiger partial charge < -0.3 is 14.2 Å². The fraction of sp³-hybridized carbons (Fsp3) is 0.364. The van der Waals surface area contributed by atoms with E-state index in [1.807, 2.05) is 85.7 Å². The molecule has 3 aromatic rings. The summed E-state index contributed by atoms with van der Waals surface area (Å²) >= 11 is 0. The number of imidazole rings is 1. The maximum Gasteiger partial charge on any atom is 0.243 e. The predicted octanol–water partition coefficient (Wildman–Crippen LogP) is 4.36. The van der Waals surface area contributed by atoms with Gasteiger partial charge in [0.2, 0.25) is 5.91 Å². The molecule has 0 aliphatic heterocycles. The fourth-order valence-electron chi connectivity index (χ4n) is 3.61. The van der Waals surface area contributed by atoms with Crippen molar-refractivity contribution >= 4 is 16.9 Å². The van der Waals surface area contributed by atoms with Crippen LogP contribution in [0.3, 0.4) is 0 Å². The highest BCUT2D eigenvalue weighted by Gasteiger charge is 2.23. The third-order valence-corrected chi connectivity index (χ3v) is 4.68. The van der Waals surface area contributed by atoms with Crippen molar-refractivity contribution in [3.63, 3.8) is 0 Å². The monoisotopic (exact) mass is 365 g/mol. The molecule has 2 aromatic carbocycles. The summed E-state index contributed by atoms with van der Waals surface area (Å²) in [5.41, 5.74) is 2.76. The molecule has 0 saturated heterocycles. The maximum absolute atomic E-state index is 13.1. The highest BCUT2D eigenvalue weighted by atomic mass is 16.5. The Bertz CT molecular complexity index is 936. The predicted molar refractivity (Wildman–Crippen MR) is 109 cm³/mol. The lowest BCUT2D eigenvalue weighted by molar-refractivity contribution is -0.135. The normalized spacial score (nSPS) is 11.4. The number of fused-ring (bicyclic) bond motifs is 1. The van der Waals surface area contributed by atoms with Gasteiger partial charge in [0.1, 0.15) is 18.1 Å². The summed E-state index contributed by atoms with van der Waals surface area (Å²) in [4.78, 5) is 19.8. The van der Waals surface area contributed by atoms with E-state index in [-0.39, 0.29) is 24.5 Å². The largest absolute Gasteiger partial charge is 0.497 e. The number of ether oxygens (including phenoxy) is 1. The first-order valence-corrected chi connectivity index (χ1v) is 9.33. The number of aromatic nitrogens is 2. The number of para-hydroxylation sites is 2. The van der Waals surface area contributed by atoms with E-state index in [4.69, 9.17) is 9.72 Å². The second kappa shape index (κ2) is 7.82. The molecule has 0 spiro atoms. The third-order valence-electron chi connectivity index (χ3n) is 4.68. The molecular weight excluding hydrogens is 338 g/mol. The van der Waals surface area contributed by atoms with Crippen LogP contribution in [0.1, 0.15) is 27.7 Å². The molecule has 5 nitrogen and oxygen atoms in total. The van der Waals surface area contributed by atoms with Gasteiger partial charge in [-0.3, -0.25) is 4.79 Å². The molecule has 27 heavy (non-hydrogen) atoms. The van der Waals surface area contributed by atoms with Crippen molar-refractivity contribution in [1.82, 2.24) is 14.5 Å². The second-order valence-electron chi connectivity index (χ2n) is 7.23. The molecule has 1 heterocycles. The number of hydrogen-bond acceptors (Lipinski definition) is 3. The third kappa shape index (κ3) is 3.82. The van der Waals surface area contributed by atoms with E-state index in [0.29, 0.717) is 0 Å². The Balaban J connectivity index is 2.09. The number of carbonyl (C=O) groups is 1. The van der Waals surface area contributed by atoms with Crippen LogP contribution in [-0.2, 0) is 11.3 Å². The summed E-state index contributed by atoms with van der Waals surface area (Å²) in [6.45, 7) is 8.45. The van der Waals surface area contributed by atoms with E-state index in [9.17, 15) is 4.79 Å². The summed E-state index contributed by atoms with van der Waals surface area (Å²) < 4.78 is 7.36. The molecule has 0 fully saturated rings. The highest BCUT2D eigenvalue weighted by molar-refractivity contribution is 5.85. The minimum Gasteiger partial charge on any atom is -0.497 e. The first kappa shape index (κ1) is 19.0. The number of methoxy groups -OCH3 is 1. The first-order valence-electron chi connectivity index (χ1n) is 9.33. The van der Waals surface area contributed by atoms with Gasteiger partial charge in [-0.05, 0) is 52.0 Å². The average Bonchev–Trinajstić information content (AvgIpc) is 3.00. The molecule has 0 radical (unpaired) electrons. The quantitative estimate of drug-likeness (QED) is 0.652. The van der Waals surface area contributed by atoms with Gasteiger partial charge in [-0.15, -0.1) is 0 Å². The SMILES string of the molecule is COc1cccc(-c2nc3ccccc3n2CC(=O)N(C(C)C)C(C)C)c1. The van der Waals surface area contributed by atoms with Crippen molar-refractivity contribution in [3.05, 3.63) is 48.5 Å². The summed E-state index contributed by atoms with van der Waals surface area (Å²) in [7, 11) is 1.65. The van der Waals surface area contributed by atoms with Crippen LogP contribution in [-0.4, -0.2) is 39.6 Å². The van der Waals surface area contributed by atoms with Crippen LogP contribution < -0.4 is 4.74 Å². The highest BCUT2D eigenvalue weighted by Crippen LogP contribution is 2.27. The van der Waals surface area contributed by atoms with Crippen molar-refractivity contribution in [3.8, 4) is 17.1 Å². The lowest BCUT2D eigenvalue weighted by atomic mass is 10.2. The summed E-state index contributed by atoms with van der Waals surface area (Å²) in [6, 6.07) is 16.0. The maximum atomic E-state index is 13.1. The van der Waals surface area contributed by atoms with Gasteiger partial charge in [0.25, 0.3) is 0 Å². The van der Waals surface area contributed by atoms with Crippen LogP contribution in [0.15, 0.2) is 48.5 Å². The molecule has 0 atom stereocenters. The van der Waals surface area contributed by atoms with Crippen LogP contribution in [0.4, 0.5) is 0 Å². The van der Waals surface area contributed by atoms with Gasteiger partial charge in [0.05, 0.1) is 18.1 Å². The lowest BCUT2D eigenvalue weighted by Crippen LogP contribution is -2.43. The van der Waals surface area contributed by atoms with Crippen molar-refractivity contribution < 1.29 is 9.53 Å². The minimum atomic E-state index is 0.0901. The second-order valence-corrected chi connectivity index (χ2v) is 7.23. The summed E-state index contributed by atoms with van der Waals surface area (Å²) in [6.07, 6.45) is 0. The molecule has 0 aliphatic carbocycles. The molecule has 0 saturated carbocycles. The zero-order chi connectivity index (χ0) is 19.6. The van der Waals surface area contributed by atoms with Crippen LogP contribution in [0.5, 0.6) is 5.75 Å². The molecule has 142 valence electrons. The van der Waals surface area contributed by atoms with E-state index in [2.05, 4.69) is 0 Å². The Hall–Kier alpha value is -2.82.